The number of nitro benzene ring substituents is 1. The third-order valence-electron chi connectivity index (χ3n) is 5.05. The highest BCUT2D eigenvalue weighted by Crippen LogP contribution is 2.33. The van der Waals surface area contributed by atoms with Crippen LogP contribution >= 0.6 is 24.0 Å². The number of nitro groups is 1. The van der Waals surface area contributed by atoms with E-state index in [4.69, 9.17) is 17.0 Å². The van der Waals surface area contributed by atoms with Gasteiger partial charge in [0.15, 0.2) is 0 Å². The van der Waals surface area contributed by atoms with Gasteiger partial charge in [0.05, 0.1) is 9.83 Å². The van der Waals surface area contributed by atoms with Crippen molar-refractivity contribution in [3.05, 3.63) is 111 Å². The molecule has 0 spiro atoms. The molecule has 0 bridgehead atoms. The van der Waals surface area contributed by atoms with Crippen LogP contribution in [0.2, 0.25) is 0 Å². The first-order valence-electron chi connectivity index (χ1n) is 10.2. The summed E-state index contributed by atoms with van der Waals surface area (Å²) in [6, 6.07) is 23.7. The van der Waals surface area contributed by atoms with E-state index >= 15 is 0 Å². The zero-order chi connectivity index (χ0) is 23.2. The van der Waals surface area contributed by atoms with Gasteiger partial charge in [-0.05, 0) is 41.3 Å². The molecule has 1 amide bonds. The minimum atomic E-state index is -0.428. The molecule has 166 valence electrons. The van der Waals surface area contributed by atoms with Gasteiger partial charge < -0.3 is 4.74 Å². The molecule has 1 aliphatic heterocycles. The topological polar surface area (TPSA) is 72.7 Å². The monoisotopic (exact) mass is 476 g/mol. The summed E-state index contributed by atoms with van der Waals surface area (Å²) < 4.78 is 6.31. The van der Waals surface area contributed by atoms with Gasteiger partial charge in [0.25, 0.3) is 11.6 Å². The minimum Gasteiger partial charge on any atom is -0.489 e. The maximum absolute atomic E-state index is 12.8. The maximum atomic E-state index is 12.8. The number of hydrogen-bond acceptors (Lipinski definition) is 6. The van der Waals surface area contributed by atoms with Crippen molar-refractivity contribution in [2.45, 2.75) is 13.0 Å². The molecule has 8 heteroatoms. The molecule has 33 heavy (non-hydrogen) atoms. The van der Waals surface area contributed by atoms with Crippen molar-refractivity contribution in [3.8, 4) is 5.75 Å². The summed E-state index contributed by atoms with van der Waals surface area (Å²) >= 11 is 6.73. The van der Waals surface area contributed by atoms with E-state index in [1.54, 1.807) is 29.2 Å². The van der Waals surface area contributed by atoms with Gasteiger partial charge >= 0.3 is 0 Å². The zero-order valence-corrected chi connectivity index (χ0v) is 19.2. The second kappa shape index (κ2) is 10.4. The molecular weight excluding hydrogens is 456 g/mol. The van der Waals surface area contributed by atoms with Crippen molar-refractivity contribution in [2.24, 2.45) is 0 Å². The summed E-state index contributed by atoms with van der Waals surface area (Å²) in [7, 11) is 0. The fourth-order valence-electron chi connectivity index (χ4n) is 3.32. The van der Waals surface area contributed by atoms with E-state index in [2.05, 4.69) is 0 Å². The van der Waals surface area contributed by atoms with Crippen LogP contribution in [-0.4, -0.2) is 26.6 Å². The number of amides is 1. The Hall–Kier alpha value is -3.49. The first kappa shape index (κ1) is 22.7. The van der Waals surface area contributed by atoms with Crippen LogP contribution in [0, 0.1) is 10.1 Å². The lowest BCUT2D eigenvalue weighted by Gasteiger charge is -2.14. The van der Waals surface area contributed by atoms with Gasteiger partial charge in [0.2, 0.25) is 0 Å². The lowest BCUT2D eigenvalue weighted by atomic mass is 10.1. The fraction of sp³-hybridized carbons (Fsp3) is 0.120. The SMILES string of the molecule is O=C1C(=Cc2ccc(OCc3cccc([N+](=O)[O-])c3)cc2)SC(=S)N1CCc1ccccc1. The Kier molecular flexibility index (Phi) is 7.16. The number of nitrogens with zero attached hydrogens (tertiary/aromatic N) is 2. The molecule has 1 saturated heterocycles. The van der Waals surface area contributed by atoms with E-state index in [0.29, 0.717) is 27.1 Å². The van der Waals surface area contributed by atoms with Crippen molar-refractivity contribution in [2.75, 3.05) is 6.54 Å². The molecule has 6 nitrogen and oxygen atoms in total. The number of thiocarbonyl (C=S) groups is 1. The van der Waals surface area contributed by atoms with Crippen molar-refractivity contribution >= 4 is 46.0 Å². The van der Waals surface area contributed by atoms with Gasteiger partial charge in [-0.3, -0.25) is 19.8 Å². The predicted octanol–water partition coefficient (Wildman–Crippen LogP) is 5.62. The fourth-order valence-corrected chi connectivity index (χ4v) is 4.63. The standard InChI is InChI=1S/C25H20N2O4S2/c28-24-23(33-25(32)26(24)14-13-18-5-2-1-3-6-18)16-19-9-11-22(12-10-19)31-17-20-7-4-8-21(15-20)27(29)30/h1-12,15-16H,13-14,17H2. The summed E-state index contributed by atoms with van der Waals surface area (Å²) in [5.74, 6) is 0.556. The molecule has 0 aliphatic carbocycles. The summed E-state index contributed by atoms with van der Waals surface area (Å²) in [5, 5.41) is 10.9. The van der Waals surface area contributed by atoms with Gasteiger partial charge in [0.1, 0.15) is 16.7 Å². The molecule has 4 rings (SSSR count). The van der Waals surface area contributed by atoms with Gasteiger partial charge in [-0.25, -0.2) is 0 Å². The summed E-state index contributed by atoms with van der Waals surface area (Å²) in [4.78, 5) is 25.5. The number of carbonyl (C=O) groups excluding carboxylic acids is 1. The smallest absolute Gasteiger partial charge is 0.269 e. The number of carbonyl (C=O) groups is 1. The largest absolute Gasteiger partial charge is 0.489 e. The first-order valence-corrected chi connectivity index (χ1v) is 11.5. The van der Waals surface area contributed by atoms with Crippen LogP contribution in [0.25, 0.3) is 6.08 Å². The molecule has 3 aromatic carbocycles. The van der Waals surface area contributed by atoms with Crippen LogP contribution in [0.5, 0.6) is 5.75 Å². The number of rotatable bonds is 8. The van der Waals surface area contributed by atoms with E-state index < -0.39 is 4.92 Å². The van der Waals surface area contributed by atoms with Crippen molar-refractivity contribution < 1.29 is 14.5 Å². The van der Waals surface area contributed by atoms with Crippen LogP contribution in [0.1, 0.15) is 16.7 Å². The van der Waals surface area contributed by atoms with Crippen LogP contribution < -0.4 is 4.74 Å². The lowest BCUT2D eigenvalue weighted by Crippen LogP contribution is -2.30. The highest BCUT2D eigenvalue weighted by molar-refractivity contribution is 8.26. The number of ether oxygens (including phenoxy) is 1. The first-order chi connectivity index (χ1) is 16.0. The Morgan fingerprint density at radius 1 is 1.00 bits per heavy atom. The normalized spacial score (nSPS) is 14.7. The molecule has 0 atom stereocenters. The zero-order valence-electron chi connectivity index (χ0n) is 17.5. The Labute approximate surface area is 201 Å². The second-order valence-electron chi connectivity index (χ2n) is 7.35. The highest BCUT2D eigenvalue weighted by atomic mass is 32.2. The van der Waals surface area contributed by atoms with E-state index in [9.17, 15) is 14.9 Å². The van der Waals surface area contributed by atoms with Crippen molar-refractivity contribution in [1.29, 1.82) is 0 Å². The van der Waals surface area contributed by atoms with Crippen LogP contribution in [0.4, 0.5) is 5.69 Å². The molecule has 1 aliphatic rings. The average Bonchev–Trinajstić information content (AvgIpc) is 3.10. The van der Waals surface area contributed by atoms with Gasteiger partial charge in [-0.1, -0.05) is 78.6 Å². The average molecular weight is 477 g/mol. The molecule has 1 heterocycles. The Balaban J connectivity index is 1.36. The minimum absolute atomic E-state index is 0.0348. The van der Waals surface area contributed by atoms with Crippen LogP contribution in [0.15, 0.2) is 83.8 Å². The van der Waals surface area contributed by atoms with Gasteiger partial charge in [0, 0.05) is 18.7 Å². The van der Waals surface area contributed by atoms with E-state index in [1.807, 2.05) is 48.5 Å². The molecule has 0 aromatic heterocycles. The van der Waals surface area contributed by atoms with E-state index in [1.165, 1.54) is 23.9 Å². The van der Waals surface area contributed by atoms with E-state index in [0.717, 1.165) is 17.5 Å². The predicted molar refractivity (Wildman–Crippen MR) is 134 cm³/mol. The summed E-state index contributed by atoms with van der Waals surface area (Å²) in [6.45, 7) is 0.775. The quantitative estimate of drug-likeness (QED) is 0.182. The second-order valence-corrected chi connectivity index (χ2v) is 9.03. The molecule has 0 radical (unpaired) electrons. The number of thioether (sulfide) groups is 1. The molecule has 0 saturated carbocycles. The summed E-state index contributed by atoms with van der Waals surface area (Å²) in [6.07, 6.45) is 2.57. The van der Waals surface area contributed by atoms with E-state index in [-0.39, 0.29) is 18.2 Å². The highest BCUT2D eigenvalue weighted by Gasteiger charge is 2.31. The van der Waals surface area contributed by atoms with Gasteiger partial charge in [-0.15, -0.1) is 0 Å². The molecule has 0 unspecified atom stereocenters. The third kappa shape index (κ3) is 5.85. The number of hydrogen-bond donors (Lipinski definition) is 0. The Bertz CT molecular complexity index is 1210. The third-order valence-corrected chi connectivity index (χ3v) is 6.42. The summed E-state index contributed by atoms with van der Waals surface area (Å²) in [5.41, 5.74) is 2.78. The molecule has 1 fully saturated rings. The molecule has 0 N–H and O–H groups in total. The number of benzene rings is 3. The maximum Gasteiger partial charge on any atom is 0.269 e. The van der Waals surface area contributed by atoms with Crippen molar-refractivity contribution in [3.63, 3.8) is 0 Å². The van der Waals surface area contributed by atoms with Gasteiger partial charge in [-0.2, -0.15) is 0 Å². The Morgan fingerprint density at radius 2 is 1.73 bits per heavy atom. The lowest BCUT2D eigenvalue weighted by molar-refractivity contribution is -0.384. The molecular formula is C25H20N2O4S2. The van der Waals surface area contributed by atoms with Crippen LogP contribution in [0.3, 0.4) is 0 Å². The van der Waals surface area contributed by atoms with Crippen molar-refractivity contribution in [1.82, 2.24) is 4.90 Å². The number of non-ortho nitro benzene ring substituents is 1. The molecule has 3 aromatic rings. The Morgan fingerprint density at radius 3 is 2.45 bits per heavy atom. The van der Waals surface area contributed by atoms with Crippen LogP contribution in [-0.2, 0) is 17.8 Å².